The van der Waals surface area contributed by atoms with Gasteiger partial charge in [0.2, 0.25) is 17.0 Å². The molecule has 0 aliphatic heterocycles. The summed E-state index contributed by atoms with van der Waals surface area (Å²) in [6.07, 6.45) is 0. The number of thioether (sulfide) groups is 1. The molecule has 3 N–H and O–H groups in total. The molecule has 1 aromatic heterocycles. The van der Waals surface area contributed by atoms with E-state index in [9.17, 15) is 9.59 Å². The minimum atomic E-state index is -0.195. The van der Waals surface area contributed by atoms with Gasteiger partial charge >= 0.3 is 0 Å². The van der Waals surface area contributed by atoms with Crippen molar-refractivity contribution >= 4 is 46.6 Å². The first-order valence-electron chi connectivity index (χ1n) is 7.99. The monoisotopic (exact) mass is 401 g/mol. The molecule has 9 heteroatoms. The van der Waals surface area contributed by atoms with E-state index in [4.69, 9.17) is 11.6 Å². The highest BCUT2D eigenvalue weighted by Crippen LogP contribution is 2.23. The standard InChI is InChI=1S/C18H16ClN5O2S/c1-11(25)20-13-8-6-12(7-9-13)17-22-18(24-23-17)27-10-16(26)21-15-5-3-2-4-14(15)19/h2-9H,10H2,1H3,(H,20,25)(H,21,26)(H,22,23,24). The largest absolute Gasteiger partial charge is 0.326 e. The van der Waals surface area contributed by atoms with E-state index in [1.165, 1.54) is 18.7 Å². The van der Waals surface area contributed by atoms with Crippen LogP contribution in [0.4, 0.5) is 11.4 Å². The Hall–Kier alpha value is -2.84. The molecular formula is C18H16ClN5O2S. The van der Waals surface area contributed by atoms with Crippen LogP contribution in [0.5, 0.6) is 0 Å². The molecule has 138 valence electrons. The van der Waals surface area contributed by atoms with E-state index in [2.05, 4.69) is 25.8 Å². The second kappa shape index (κ2) is 8.70. The highest BCUT2D eigenvalue weighted by Gasteiger charge is 2.10. The first-order chi connectivity index (χ1) is 13.0. The van der Waals surface area contributed by atoms with Crippen LogP contribution in [-0.2, 0) is 9.59 Å². The maximum absolute atomic E-state index is 12.0. The van der Waals surface area contributed by atoms with E-state index in [0.717, 1.165) is 5.56 Å². The van der Waals surface area contributed by atoms with Crippen LogP contribution in [0.15, 0.2) is 53.7 Å². The van der Waals surface area contributed by atoms with Gasteiger partial charge in [-0.05, 0) is 36.4 Å². The van der Waals surface area contributed by atoms with Crippen molar-refractivity contribution in [1.29, 1.82) is 0 Å². The molecule has 0 saturated heterocycles. The summed E-state index contributed by atoms with van der Waals surface area (Å²) in [7, 11) is 0. The minimum Gasteiger partial charge on any atom is -0.326 e. The summed E-state index contributed by atoms with van der Waals surface area (Å²) < 4.78 is 0. The molecule has 2 aromatic carbocycles. The predicted octanol–water partition coefficient (Wildman–Crippen LogP) is 3.81. The molecule has 0 saturated carbocycles. The fraction of sp³-hybridized carbons (Fsp3) is 0.111. The Bertz CT molecular complexity index is 958. The first-order valence-corrected chi connectivity index (χ1v) is 9.35. The lowest BCUT2D eigenvalue weighted by atomic mass is 10.2. The lowest BCUT2D eigenvalue weighted by Gasteiger charge is -2.05. The number of nitrogens with one attached hydrogen (secondary N) is 3. The summed E-state index contributed by atoms with van der Waals surface area (Å²) in [6.45, 7) is 1.45. The zero-order valence-corrected chi connectivity index (χ0v) is 15.9. The van der Waals surface area contributed by atoms with Crippen molar-refractivity contribution in [3.05, 3.63) is 53.6 Å². The van der Waals surface area contributed by atoms with Gasteiger partial charge in [-0.25, -0.2) is 4.98 Å². The lowest BCUT2D eigenvalue weighted by molar-refractivity contribution is -0.114. The molecule has 0 fully saturated rings. The first kappa shape index (κ1) is 18.9. The molecule has 3 rings (SSSR count). The van der Waals surface area contributed by atoms with Crippen molar-refractivity contribution in [2.45, 2.75) is 12.1 Å². The van der Waals surface area contributed by atoms with E-state index in [1.807, 2.05) is 12.1 Å². The normalized spacial score (nSPS) is 10.4. The number of aromatic amines is 1. The van der Waals surface area contributed by atoms with Crippen LogP contribution in [-0.4, -0.2) is 32.7 Å². The van der Waals surface area contributed by atoms with Gasteiger partial charge in [0.25, 0.3) is 0 Å². The van der Waals surface area contributed by atoms with Crippen LogP contribution in [0.1, 0.15) is 6.92 Å². The second-order valence-corrected chi connectivity index (χ2v) is 6.89. The van der Waals surface area contributed by atoms with Gasteiger partial charge in [-0.1, -0.05) is 35.5 Å². The Balaban J connectivity index is 1.57. The summed E-state index contributed by atoms with van der Waals surface area (Å²) >= 11 is 7.24. The van der Waals surface area contributed by atoms with Crippen molar-refractivity contribution in [3.63, 3.8) is 0 Å². The van der Waals surface area contributed by atoms with Crippen molar-refractivity contribution < 1.29 is 9.59 Å². The van der Waals surface area contributed by atoms with Gasteiger partial charge in [-0.15, -0.1) is 5.10 Å². The van der Waals surface area contributed by atoms with E-state index in [1.54, 1.807) is 36.4 Å². The van der Waals surface area contributed by atoms with Crippen molar-refractivity contribution in [2.75, 3.05) is 16.4 Å². The average molecular weight is 402 g/mol. The van der Waals surface area contributed by atoms with Crippen LogP contribution in [0.2, 0.25) is 5.02 Å². The molecule has 27 heavy (non-hydrogen) atoms. The number of carbonyl (C=O) groups excluding carboxylic acids is 2. The third-order valence-corrected chi connectivity index (χ3v) is 4.60. The average Bonchev–Trinajstić information content (AvgIpc) is 3.11. The van der Waals surface area contributed by atoms with Gasteiger partial charge in [0.15, 0.2) is 5.82 Å². The highest BCUT2D eigenvalue weighted by atomic mass is 35.5. The third-order valence-electron chi connectivity index (χ3n) is 3.42. The minimum absolute atomic E-state index is 0.129. The molecule has 0 aliphatic rings. The van der Waals surface area contributed by atoms with Crippen LogP contribution < -0.4 is 10.6 Å². The number of halogens is 1. The Morgan fingerprint density at radius 3 is 2.56 bits per heavy atom. The van der Waals surface area contributed by atoms with Crippen molar-refractivity contribution in [1.82, 2.24) is 15.2 Å². The number of hydrogen-bond donors (Lipinski definition) is 3. The number of hydrogen-bond acceptors (Lipinski definition) is 5. The molecule has 0 spiro atoms. The number of aromatic nitrogens is 3. The number of H-pyrrole nitrogens is 1. The van der Waals surface area contributed by atoms with E-state index >= 15 is 0 Å². The summed E-state index contributed by atoms with van der Waals surface area (Å²) in [5.74, 6) is 0.415. The number of para-hydroxylation sites is 1. The number of amides is 2. The Morgan fingerprint density at radius 1 is 1.11 bits per heavy atom. The summed E-state index contributed by atoms with van der Waals surface area (Å²) in [4.78, 5) is 27.5. The zero-order chi connectivity index (χ0) is 19.2. The number of carbonyl (C=O) groups is 2. The summed E-state index contributed by atoms with van der Waals surface area (Å²) in [5, 5.41) is 13.4. The maximum atomic E-state index is 12.0. The van der Waals surface area contributed by atoms with Gasteiger partial charge in [-0.2, -0.15) is 0 Å². The molecule has 0 bridgehead atoms. The fourth-order valence-electron chi connectivity index (χ4n) is 2.23. The highest BCUT2D eigenvalue weighted by molar-refractivity contribution is 7.99. The number of rotatable bonds is 6. The van der Waals surface area contributed by atoms with Gasteiger partial charge < -0.3 is 10.6 Å². The molecule has 7 nitrogen and oxygen atoms in total. The smallest absolute Gasteiger partial charge is 0.234 e. The zero-order valence-electron chi connectivity index (χ0n) is 14.3. The number of anilines is 2. The van der Waals surface area contributed by atoms with Crippen LogP contribution >= 0.6 is 23.4 Å². The van der Waals surface area contributed by atoms with E-state index in [-0.39, 0.29) is 17.6 Å². The quantitative estimate of drug-likeness (QED) is 0.545. The van der Waals surface area contributed by atoms with Gasteiger partial charge in [-0.3, -0.25) is 14.7 Å². The summed E-state index contributed by atoms with van der Waals surface area (Å²) in [5.41, 5.74) is 2.10. The molecular weight excluding hydrogens is 386 g/mol. The Kier molecular flexibility index (Phi) is 6.10. The topological polar surface area (TPSA) is 99.8 Å². The van der Waals surface area contributed by atoms with Gasteiger partial charge in [0, 0.05) is 18.2 Å². The molecule has 2 amide bonds. The Labute approximate surface area is 164 Å². The molecule has 0 radical (unpaired) electrons. The van der Waals surface area contributed by atoms with E-state index < -0.39 is 0 Å². The molecule has 3 aromatic rings. The Morgan fingerprint density at radius 2 is 1.85 bits per heavy atom. The fourth-order valence-corrected chi connectivity index (χ4v) is 3.02. The molecule has 1 heterocycles. The maximum Gasteiger partial charge on any atom is 0.234 e. The van der Waals surface area contributed by atoms with E-state index in [0.29, 0.717) is 27.4 Å². The lowest BCUT2D eigenvalue weighted by Crippen LogP contribution is -2.14. The second-order valence-electron chi connectivity index (χ2n) is 5.54. The van der Waals surface area contributed by atoms with Crippen LogP contribution in [0.25, 0.3) is 11.4 Å². The van der Waals surface area contributed by atoms with Crippen LogP contribution in [0, 0.1) is 0 Å². The SMILES string of the molecule is CC(=O)Nc1ccc(-c2nc(SCC(=O)Nc3ccccc3Cl)n[nH]2)cc1. The van der Waals surface area contributed by atoms with Crippen molar-refractivity contribution in [2.24, 2.45) is 0 Å². The third kappa shape index (κ3) is 5.32. The number of benzene rings is 2. The van der Waals surface area contributed by atoms with Gasteiger partial charge in [0.05, 0.1) is 16.5 Å². The molecule has 0 unspecified atom stereocenters. The van der Waals surface area contributed by atoms with Gasteiger partial charge in [0.1, 0.15) is 0 Å². The number of nitrogens with zero attached hydrogens (tertiary/aromatic N) is 2. The predicted molar refractivity (Wildman–Crippen MR) is 107 cm³/mol. The molecule has 0 atom stereocenters. The summed E-state index contributed by atoms with van der Waals surface area (Å²) in [6, 6.07) is 14.3. The molecule has 0 aliphatic carbocycles. The van der Waals surface area contributed by atoms with Crippen LogP contribution in [0.3, 0.4) is 0 Å². The van der Waals surface area contributed by atoms with Crippen molar-refractivity contribution in [3.8, 4) is 11.4 Å².